The first-order chi connectivity index (χ1) is 15.1. The van der Waals surface area contributed by atoms with Crippen LogP contribution < -0.4 is 15.5 Å². The van der Waals surface area contributed by atoms with E-state index in [1.807, 2.05) is 53.4 Å². The van der Waals surface area contributed by atoms with Crippen molar-refractivity contribution in [3.05, 3.63) is 59.1 Å². The first-order valence-corrected chi connectivity index (χ1v) is 11.0. The molecule has 0 radical (unpaired) electrons. The zero-order valence-electron chi connectivity index (χ0n) is 17.4. The third-order valence-electron chi connectivity index (χ3n) is 5.60. The van der Waals surface area contributed by atoms with Gasteiger partial charge in [0.15, 0.2) is 0 Å². The minimum atomic E-state index is -0.367. The minimum absolute atomic E-state index is 0.0838. The summed E-state index contributed by atoms with van der Waals surface area (Å²) in [5, 5.41) is 6.59. The standard InChI is InChI=1S/C23H27ClN4O3/c24-18-5-2-7-20(15-18)27-9-11-28(12-10-27)23(30)25-16-17-4-1-6-19(14-17)26-22(29)21-8-3-13-31-21/h1-2,4-7,14-15,21H,3,8-13,16H2,(H,25,30)(H,26,29). The lowest BCUT2D eigenvalue weighted by Gasteiger charge is -2.36. The second kappa shape index (κ2) is 10.0. The quantitative estimate of drug-likeness (QED) is 0.743. The smallest absolute Gasteiger partial charge is 0.317 e. The second-order valence-electron chi connectivity index (χ2n) is 7.80. The number of anilines is 2. The molecule has 2 aliphatic heterocycles. The monoisotopic (exact) mass is 442 g/mol. The van der Waals surface area contributed by atoms with Crippen molar-refractivity contribution in [2.75, 3.05) is 43.0 Å². The van der Waals surface area contributed by atoms with Crippen LogP contribution in [0.25, 0.3) is 0 Å². The van der Waals surface area contributed by atoms with E-state index >= 15 is 0 Å². The Labute approximate surface area is 187 Å². The molecule has 0 aromatic heterocycles. The molecule has 0 saturated carbocycles. The molecule has 1 atom stereocenters. The number of hydrogen-bond acceptors (Lipinski definition) is 4. The summed E-state index contributed by atoms with van der Waals surface area (Å²) >= 11 is 6.08. The van der Waals surface area contributed by atoms with Crippen molar-refractivity contribution in [1.82, 2.24) is 10.2 Å². The number of urea groups is 1. The number of halogens is 1. The molecule has 0 spiro atoms. The Morgan fingerprint density at radius 2 is 1.87 bits per heavy atom. The molecule has 2 aliphatic rings. The Morgan fingerprint density at radius 1 is 1.06 bits per heavy atom. The van der Waals surface area contributed by atoms with E-state index in [-0.39, 0.29) is 18.0 Å². The van der Waals surface area contributed by atoms with Gasteiger partial charge in [-0.3, -0.25) is 4.79 Å². The Bertz CT molecular complexity index is 925. The van der Waals surface area contributed by atoms with Crippen LogP contribution in [0.3, 0.4) is 0 Å². The van der Waals surface area contributed by atoms with Gasteiger partial charge in [-0.15, -0.1) is 0 Å². The number of carbonyl (C=O) groups excluding carboxylic acids is 2. The van der Waals surface area contributed by atoms with Crippen LogP contribution in [-0.2, 0) is 16.1 Å². The van der Waals surface area contributed by atoms with E-state index in [0.29, 0.717) is 37.0 Å². The summed E-state index contributed by atoms with van der Waals surface area (Å²) in [6.45, 7) is 3.86. The number of nitrogens with one attached hydrogen (secondary N) is 2. The normalized spacial score (nSPS) is 18.7. The zero-order valence-corrected chi connectivity index (χ0v) is 18.1. The molecule has 0 aliphatic carbocycles. The maximum Gasteiger partial charge on any atom is 0.317 e. The number of piperazine rings is 1. The average molecular weight is 443 g/mol. The summed E-state index contributed by atoms with van der Waals surface area (Å²) in [7, 11) is 0. The topological polar surface area (TPSA) is 73.9 Å². The molecule has 7 nitrogen and oxygen atoms in total. The summed E-state index contributed by atoms with van der Waals surface area (Å²) in [6, 6.07) is 15.2. The highest BCUT2D eigenvalue weighted by Crippen LogP contribution is 2.21. The molecule has 3 amide bonds. The third kappa shape index (κ3) is 5.68. The highest BCUT2D eigenvalue weighted by Gasteiger charge is 2.24. The van der Waals surface area contributed by atoms with Crippen molar-refractivity contribution in [2.24, 2.45) is 0 Å². The molecule has 164 valence electrons. The Morgan fingerprint density at radius 3 is 2.61 bits per heavy atom. The van der Waals surface area contributed by atoms with Gasteiger partial charge in [0, 0.05) is 55.7 Å². The van der Waals surface area contributed by atoms with Gasteiger partial charge in [-0.1, -0.05) is 29.8 Å². The van der Waals surface area contributed by atoms with Crippen molar-refractivity contribution in [3.8, 4) is 0 Å². The molecule has 0 bridgehead atoms. The molecule has 4 rings (SSSR count). The fourth-order valence-electron chi connectivity index (χ4n) is 3.90. The number of hydrogen-bond donors (Lipinski definition) is 2. The van der Waals surface area contributed by atoms with Crippen LogP contribution in [0.2, 0.25) is 5.02 Å². The van der Waals surface area contributed by atoms with Gasteiger partial charge in [0.1, 0.15) is 6.10 Å². The van der Waals surface area contributed by atoms with Crippen molar-refractivity contribution in [3.63, 3.8) is 0 Å². The molecule has 2 aromatic rings. The molecule has 2 aromatic carbocycles. The zero-order chi connectivity index (χ0) is 21.6. The van der Waals surface area contributed by atoms with E-state index in [2.05, 4.69) is 15.5 Å². The summed E-state index contributed by atoms with van der Waals surface area (Å²) < 4.78 is 5.42. The van der Waals surface area contributed by atoms with Crippen molar-refractivity contribution in [1.29, 1.82) is 0 Å². The predicted molar refractivity (Wildman–Crippen MR) is 122 cm³/mol. The molecular weight excluding hydrogens is 416 g/mol. The van der Waals surface area contributed by atoms with Gasteiger partial charge in [-0.05, 0) is 48.7 Å². The number of amides is 3. The van der Waals surface area contributed by atoms with Crippen molar-refractivity contribution >= 4 is 34.9 Å². The van der Waals surface area contributed by atoms with Crippen LogP contribution in [0.5, 0.6) is 0 Å². The first-order valence-electron chi connectivity index (χ1n) is 10.6. The van der Waals surface area contributed by atoms with E-state index in [0.717, 1.165) is 37.2 Å². The fourth-order valence-corrected chi connectivity index (χ4v) is 4.08. The molecule has 2 heterocycles. The van der Waals surface area contributed by atoms with E-state index in [4.69, 9.17) is 16.3 Å². The van der Waals surface area contributed by atoms with Gasteiger partial charge in [-0.25, -0.2) is 4.79 Å². The highest BCUT2D eigenvalue weighted by molar-refractivity contribution is 6.30. The molecule has 2 N–H and O–H groups in total. The lowest BCUT2D eigenvalue weighted by molar-refractivity contribution is -0.124. The van der Waals surface area contributed by atoms with E-state index in [1.54, 1.807) is 0 Å². The van der Waals surface area contributed by atoms with Crippen molar-refractivity contribution < 1.29 is 14.3 Å². The Kier molecular flexibility index (Phi) is 6.94. The van der Waals surface area contributed by atoms with Crippen LogP contribution in [0.1, 0.15) is 18.4 Å². The minimum Gasteiger partial charge on any atom is -0.368 e. The lowest BCUT2D eigenvalue weighted by atomic mass is 10.2. The predicted octanol–water partition coefficient (Wildman–Crippen LogP) is 3.49. The largest absolute Gasteiger partial charge is 0.368 e. The SMILES string of the molecule is O=C(Nc1cccc(CNC(=O)N2CCN(c3cccc(Cl)c3)CC2)c1)C1CCCO1. The molecular formula is C23H27ClN4O3. The van der Waals surface area contributed by atoms with Gasteiger partial charge in [-0.2, -0.15) is 0 Å². The van der Waals surface area contributed by atoms with Crippen LogP contribution >= 0.6 is 11.6 Å². The summed E-state index contributed by atoms with van der Waals surface area (Å²) in [4.78, 5) is 28.9. The molecule has 1 unspecified atom stereocenters. The van der Waals surface area contributed by atoms with E-state index in [1.165, 1.54) is 0 Å². The lowest BCUT2D eigenvalue weighted by Crippen LogP contribution is -2.51. The van der Waals surface area contributed by atoms with Crippen molar-refractivity contribution in [2.45, 2.75) is 25.5 Å². The van der Waals surface area contributed by atoms with Gasteiger partial charge in [0.2, 0.25) is 0 Å². The van der Waals surface area contributed by atoms with Crippen LogP contribution in [0.15, 0.2) is 48.5 Å². The van der Waals surface area contributed by atoms with Crippen LogP contribution in [-0.4, -0.2) is 55.7 Å². The van der Waals surface area contributed by atoms with Gasteiger partial charge >= 0.3 is 6.03 Å². The Balaban J connectivity index is 1.25. The molecule has 31 heavy (non-hydrogen) atoms. The third-order valence-corrected chi connectivity index (χ3v) is 5.84. The van der Waals surface area contributed by atoms with Crippen LogP contribution in [0, 0.1) is 0 Å². The molecule has 2 saturated heterocycles. The first kappa shape index (κ1) is 21.5. The van der Waals surface area contributed by atoms with Crippen LogP contribution in [0.4, 0.5) is 16.2 Å². The van der Waals surface area contributed by atoms with Gasteiger partial charge < -0.3 is 25.2 Å². The summed E-state index contributed by atoms with van der Waals surface area (Å²) in [5.41, 5.74) is 2.72. The van der Waals surface area contributed by atoms with Gasteiger partial charge in [0.05, 0.1) is 0 Å². The number of carbonyl (C=O) groups is 2. The Hall–Kier alpha value is -2.77. The summed E-state index contributed by atoms with van der Waals surface area (Å²) in [6.07, 6.45) is 1.30. The number of rotatable bonds is 5. The number of ether oxygens (including phenoxy) is 1. The molecule has 2 fully saturated rings. The highest BCUT2D eigenvalue weighted by atomic mass is 35.5. The van der Waals surface area contributed by atoms with E-state index in [9.17, 15) is 9.59 Å². The average Bonchev–Trinajstić information content (AvgIpc) is 3.33. The maximum atomic E-state index is 12.6. The second-order valence-corrected chi connectivity index (χ2v) is 8.24. The number of nitrogens with zero attached hydrogens (tertiary/aromatic N) is 2. The van der Waals surface area contributed by atoms with E-state index < -0.39 is 0 Å². The fraction of sp³-hybridized carbons (Fsp3) is 0.391. The maximum absolute atomic E-state index is 12.6. The summed E-state index contributed by atoms with van der Waals surface area (Å²) in [5.74, 6) is -0.115. The number of benzene rings is 2. The molecule has 8 heteroatoms. The van der Waals surface area contributed by atoms with Gasteiger partial charge in [0.25, 0.3) is 5.91 Å².